The van der Waals surface area contributed by atoms with E-state index in [4.69, 9.17) is 0 Å². The van der Waals surface area contributed by atoms with Crippen LogP contribution in [0.25, 0.3) is 0 Å². The number of aromatic nitrogens is 4. The molecule has 0 aromatic carbocycles. The van der Waals surface area contributed by atoms with Gasteiger partial charge in [-0.05, 0) is 19.8 Å². The molecule has 0 saturated carbocycles. The molecular formula is C14H19N5O. The molecule has 1 unspecified atom stereocenters. The molecule has 3 heterocycles. The second kappa shape index (κ2) is 5.11. The fourth-order valence-electron chi connectivity index (χ4n) is 2.69. The third kappa shape index (κ3) is 2.45. The molecule has 1 amide bonds. The Bertz CT molecular complexity index is 627. The van der Waals surface area contributed by atoms with Gasteiger partial charge in [0.15, 0.2) is 0 Å². The number of nitrogens with zero attached hydrogens (tertiary/aromatic N) is 4. The number of hydrogen-bond donors (Lipinski definition) is 1. The maximum Gasteiger partial charge on any atom is 0.225 e. The summed E-state index contributed by atoms with van der Waals surface area (Å²) in [4.78, 5) is 20.8. The van der Waals surface area contributed by atoms with Crippen molar-refractivity contribution < 1.29 is 4.79 Å². The van der Waals surface area contributed by atoms with Crippen molar-refractivity contribution >= 4 is 5.91 Å². The van der Waals surface area contributed by atoms with Crippen molar-refractivity contribution in [3.05, 3.63) is 35.9 Å². The van der Waals surface area contributed by atoms with Crippen LogP contribution in [0.2, 0.25) is 0 Å². The van der Waals surface area contributed by atoms with E-state index in [1.54, 1.807) is 6.33 Å². The van der Waals surface area contributed by atoms with Gasteiger partial charge in [0.2, 0.25) is 5.91 Å². The molecule has 1 atom stereocenters. The fraction of sp³-hybridized carbons (Fsp3) is 0.500. The molecule has 0 spiro atoms. The maximum atomic E-state index is 12.2. The Morgan fingerprint density at radius 2 is 2.35 bits per heavy atom. The Morgan fingerprint density at radius 1 is 1.50 bits per heavy atom. The molecule has 2 aromatic rings. The van der Waals surface area contributed by atoms with Gasteiger partial charge in [0.05, 0.1) is 24.5 Å². The van der Waals surface area contributed by atoms with Crippen molar-refractivity contribution in [3.8, 4) is 0 Å². The van der Waals surface area contributed by atoms with Gasteiger partial charge >= 0.3 is 0 Å². The topological polar surface area (TPSA) is 64.7 Å². The van der Waals surface area contributed by atoms with Gasteiger partial charge in [-0.15, -0.1) is 0 Å². The molecule has 1 aliphatic heterocycles. The summed E-state index contributed by atoms with van der Waals surface area (Å²) in [6.07, 6.45) is 7.38. The highest BCUT2D eigenvalue weighted by molar-refractivity contribution is 5.78. The third-order valence-electron chi connectivity index (χ3n) is 3.86. The molecule has 0 bridgehead atoms. The molecule has 6 nitrogen and oxygen atoms in total. The number of amides is 1. The van der Waals surface area contributed by atoms with Crippen LogP contribution in [-0.4, -0.2) is 25.0 Å². The molecule has 3 rings (SSSR count). The van der Waals surface area contributed by atoms with Crippen LogP contribution in [0.3, 0.4) is 0 Å². The number of rotatable bonds is 3. The van der Waals surface area contributed by atoms with Crippen LogP contribution in [0.1, 0.15) is 23.6 Å². The zero-order chi connectivity index (χ0) is 14.1. The summed E-state index contributed by atoms with van der Waals surface area (Å²) in [5.74, 6) is 1.12. The number of carbonyl (C=O) groups excluding carboxylic acids is 1. The van der Waals surface area contributed by atoms with Crippen LogP contribution >= 0.6 is 0 Å². The van der Waals surface area contributed by atoms with Gasteiger partial charge in [0.25, 0.3) is 0 Å². The zero-order valence-electron chi connectivity index (χ0n) is 11.8. The minimum atomic E-state index is 0.0270. The highest BCUT2D eigenvalue weighted by Gasteiger charge is 2.25. The summed E-state index contributed by atoms with van der Waals surface area (Å²) in [5, 5.41) is 2.98. The Morgan fingerprint density at radius 3 is 3.10 bits per heavy atom. The van der Waals surface area contributed by atoms with Crippen LogP contribution < -0.4 is 5.32 Å². The van der Waals surface area contributed by atoms with Crippen LogP contribution in [0.5, 0.6) is 0 Å². The van der Waals surface area contributed by atoms with E-state index in [2.05, 4.69) is 19.9 Å². The van der Waals surface area contributed by atoms with Crippen LogP contribution in [-0.2, 0) is 31.4 Å². The number of imidazole rings is 2. The lowest BCUT2D eigenvalue weighted by molar-refractivity contribution is -0.126. The van der Waals surface area contributed by atoms with E-state index in [1.165, 1.54) is 5.69 Å². The van der Waals surface area contributed by atoms with E-state index in [0.717, 1.165) is 30.9 Å². The van der Waals surface area contributed by atoms with E-state index in [1.807, 2.05) is 30.9 Å². The second-order valence-corrected chi connectivity index (χ2v) is 5.39. The van der Waals surface area contributed by atoms with E-state index in [0.29, 0.717) is 6.54 Å². The molecule has 0 aliphatic carbocycles. The standard InChI is InChI=1S/C14H19N5O/c1-10-15-6-13-4-3-11(7-19(10)13)14(20)16-5-12-8-18(2)9-17-12/h6,8-9,11H,3-5,7H2,1-2H3,(H,16,20). The molecule has 6 heteroatoms. The summed E-state index contributed by atoms with van der Waals surface area (Å²) in [6.45, 7) is 3.21. The number of nitrogens with one attached hydrogen (secondary N) is 1. The van der Waals surface area contributed by atoms with Crippen molar-refractivity contribution in [1.29, 1.82) is 0 Å². The molecule has 106 valence electrons. The zero-order valence-corrected chi connectivity index (χ0v) is 11.8. The second-order valence-electron chi connectivity index (χ2n) is 5.39. The van der Waals surface area contributed by atoms with Crippen molar-refractivity contribution in [2.45, 2.75) is 32.9 Å². The highest BCUT2D eigenvalue weighted by atomic mass is 16.1. The minimum absolute atomic E-state index is 0.0270. The van der Waals surface area contributed by atoms with E-state index in [-0.39, 0.29) is 11.8 Å². The normalized spacial score (nSPS) is 17.8. The molecule has 0 radical (unpaired) electrons. The lowest BCUT2D eigenvalue weighted by atomic mass is 9.97. The number of aryl methyl sites for hydroxylation is 3. The summed E-state index contributed by atoms with van der Waals surface area (Å²) in [6, 6.07) is 0. The predicted molar refractivity (Wildman–Crippen MR) is 73.8 cm³/mol. The molecule has 20 heavy (non-hydrogen) atoms. The first kappa shape index (κ1) is 12.9. The first-order valence-corrected chi connectivity index (χ1v) is 6.89. The van der Waals surface area contributed by atoms with Gasteiger partial charge in [-0.25, -0.2) is 9.97 Å². The monoisotopic (exact) mass is 273 g/mol. The fourth-order valence-corrected chi connectivity index (χ4v) is 2.69. The largest absolute Gasteiger partial charge is 0.350 e. The van der Waals surface area contributed by atoms with E-state index in [9.17, 15) is 4.79 Å². The Labute approximate surface area is 117 Å². The Kier molecular flexibility index (Phi) is 3.30. The predicted octanol–water partition coefficient (Wildman–Crippen LogP) is 0.804. The van der Waals surface area contributed by atoms with Crippen LogP contribution in [0.4, 0.5) is 0 Å². The lowest BCUT2D eigenvalue weighted by Crippen LogP contribution is -2.35. The SMILES string of the molecule is Cc1ncc2n1CC(C(=O)NCc1cn(C)cn1)CC2. The van der Waals surface area contributed by atoms with Gasteiger partial charge in [0.1, 0.15) is 5.82 Å². The smallest absolute Gasteiger partial charge is 0.225 e. The van der Waals surface area contributed by atoms with Crippen molar-refractivity contribution in [1.82, 2.24) is 24.4 Å². The van der Waals surface area contributed by atoms with Crippen LogP contribution in [0, 0.1) is 12.8 Å². The lowest BCUT2D eigenvalue weighted by Gasteiger charge is -2.24. The van der Waals surface area contributed by atoms with Gasteiger partial charge in [-0.3, -0.25) is 4.79 Å². The van der Waals surface area contributed by atoms with Crippen LogP contribution in [0.15, 0.2) is 18.7 Å². The quantitative estimate of drug-likeness (QED) is 0.900. The average Bonchev–Trinajstić information content (AvgIpc) is 3.03. The summed E-state index contributed by atoms with van der Waals surface area (Å²) in [5.41, 5.74) is 2.12. The van der Waals surface area contributed by atoms with Crippen molar-refractivity contribution in [2.75, 3.05) is 0 Å². The average molecular weight is 273 g/mol. The molecule has 1 aliphatic rings. The molecule has 1 N–H and O–H groups in total. The number of carbonyl (C=O) groups is 1. The number of hydrogen-bond acceptors (Lipinski definition) is 3. The van der Waals surface area contributed by atoms with Crippen molar-refractivity contribution in [3.63, 3.8) is 0 Å². The first-order valence-electron chi connectivity index (χ1n) is 6.89. The molecule has 0 saturated heterocycles. The molecular weight excluding hydrogens is 254 g/mol. The van der Waals surface area contributed by atoms with Gasteiger partial charge < -0.3 is 14.5 Å². The highest BCUT2D eigenvalue weighted by Crippen LogP contribution is 2.21. The Balaban J connectivity index is 1.60. The van der Waals surface area contributed by atoms with Crippen molar-refractivity contribution in [2.24, 2.45) is 13.0 Å². The maximum absolute atomic E-state index is 12.2. The summed E-state index contributed by atoms with van der Waals surface area (Å²) < 4.78 is 4.03. The first-order chi connectivity index (χ1) is 9.63. The number of fused-ring (bicyclic) bond motifs is 1. The molecule has 2 aromatic heterocycles. The van der Waals surface area contributed by atoms with Gasteiger partial charge in [0, 0.05) is 31.7 Å². The van der Waals surface area contributed by atoms with E-state index < -0.39 is 0 Å². The minimum Gasteiger partial charge on any atom is -0.350 e. The third-order valence-corrected chi connectivity index (χ3v) is 3.86. The summed E-state index contributed by atoms with van der Waals surface area (Å²) in [7, 11) is 1.92. The van der Waals surface area contributed by atoms with Gasteiger partial charge in [-0.2, -0.15) is 0 Å². The van der Waals surface area contributed by atoms with Gasteiger partial charge in [-0.1, -0.05) is 0 Å². The Hall–Kier alpha value is -2.11. The summed E-state index contributed by atoms with van der Waals surface area (Å²) >= 11 is 0. The molecule has 0 fully saturated rings. The van der Waals surface area contributed by atoms with E-state index >= 15 is 0 Å².